The quantitative estimate of drug-likeness (QED) is 0.734. The van der Waals surface area contributed by atoms with E-state index in [2.05, 4.69) is 0 Å². The van der Waals surface area contributed by atoms with Crippen molar-refractivity contribution >= 4 is 17.9 Å². The highest BCUT2D eigenvalue weighted by molar-refractivity contribution is 5.79. The number of hydrogen-bond acceptors (Lipinski definition) is 5. The Hall–Kier alpha value is -2.37. The predicted molar refractivity (Wildman–Crippen MR) is 87.1 cm³/mol. The van der Waals surface area contributed by atoms with Crippen molar-refractivity contribution in [3.05, 3.63) is 35.9 Å². The van der Waals surface area contributed by atoms with Gasteiger partial charge in [0.1, 0.15) is 12.2 Å². The van der Waals surface area contributed by atoms with Gasteiger partial charge in [-0.3, -0.25) is 14.4 Å². The maximum atomic E-state index is 11.8. The molecule has 0 fully saturated rings. The highest BCUT2D eigenvalue weighted by Crippen LogP contribution is 2.16. The molecule has 1 atom stereocenters. The molecule has 0 amide bonds. The van der Waals surface area contributed by atoms with Gasteiger partial charge in [-0.15, -0.1) is 0 Å². The summed E-state index contributed by atoms with van der Waals surface area (Å²) in [6.45, 7) is 5.31. The average molecular weight is 336 g/mol. The molecule has 0 unspecified atom stereocenters. The number of carbonyl (C=O) groups excluding carboxylic acids is 2. The highest BCUT2D eigenvalue weighted by atomic mass is 16.6. The number of carbonyl (C=O) groups is 3. The van der Waals surface area contributed by atoms with Crippen molar-refractivity contribution in [2.45, 2.75) is 52.2 Å². The standard InChI is InChI=1S/C18H24O6/c1-18(2,3)24-15(19)10-9-14(17(21)22)11-16(20)23-12-13-7-5-4-6-8-13/h4-8,14H,9-12H2,1-3H3,(H,21,22)/t14-/m0/s1. The van der Waals surface area contributed by atoms with Crippen molar-refractivity contribution in [2.75, 3.05) is 0 Å². The van der Waals surface area contributed by atoms with Gasteiger partial charge in [0.05, 0.1) is 12.3 Å². The molecule has 0 saturated heterocycles. The minimum absolute atomic E-state index is 0.0324. The predicted octanol–water partition coefficient (Wildman–Crippen LogP) is 2.94. The molecule has 0 bridgehead atoms. The molecule has 0 aliphatic carbocycles. The van der Waals surface area contributed by atoms with Crippen molar-refractivity contribution in [1.82, 2.24) is 0 Å². The summed E-state index contributed by atoms with van der Waals surface area (Å²) in [6, 6.07) is 9.12. The lowest BCUT2D eigenvalue weighted by molar-refractivity contribution is -0.157. The number of carboxylic acid groups (broad SMARTS) is 1. The van der Waals surface area contributed by atoms with E-state index in [4.69, 9.17) is 9.47 Å². The average Bonchev–Trinajstić information content (AvgIpc) is 2.48. The number of hydrogen-bond donors (Lipinski definition) is 1. The summed E-state index contributed by atoms with van der Waals surface area (Å²) in [4.78, 5) is 34.7. The lowest BCUT2D eigenvalue weighted by Crippen LogP contribution is -2.25. The van der Waals surface area contributed by atoms with Gasteiger partial charge in [-0.25, -0.2) is 0 Å². The van der Waals surface area contributed by atoms with E-state index in [0.29, 0.717) is 0 Å². The number of rotatable bonds is 8. The minimum Gasteiger partial charge on any atom is -0.481 e. The maximum Gasteiger partial charge on any atom is 0.307 e. The van der Waals surface area contributed by atoms with Crippen LogP contribution < -0.4 is 0 Å². The molecule has 0 radical (unpaired) electrons. The van der Waals surface area contributed by atoms with E-state index in [9.17, 15) is 19.5 Å². The van der Waals surface area contributed by atoms with Crippen LogP contribution in [-0.2, 0) is 30.5 Å². The van der Waals surface area contributed by atoms with Crippen LogP contribution in [0.1, 0.15) is 45.6 Å². The van der Waals surface area contributed by atoms with Gasteiger partial charge in [0.15, 0.2) is 0 Å². The third-order valence-corrected chi connectivity index (χ3v) is 3.12. The van der Waals surface area contributed by atoms with Gasteiger partial charge in [0.2, 0.25) is 0 Å². The van der Waals surface area contributed by atoms with Gasteiger partial charge in [-0.2, -0.15) is 0 Å². The SMILES string of the molecule is CC(C)(C)OC(=O)CC[C@@H](CC(=O)OCc1ccccc1)C(=O)O. The Bertz CT molecular complexity index is 559. The van der Waals surface area contributed by atoms with Crippen LogP contribution in [0, 0.1) is 5.92 Å². The third kappa shape index (κ3) is 8.31. The molecule has 1 aromatic carbocycles. The molecule has 0 aliphatic heterocycles. The smallest absolute Gasteiger partial charge is 0.307 e. The lowest BCUT2D eigenvalue weighted by Gasteiger charge is -2.20. The lowest BCUT2D eigenvalue weighted by atomic mass is 9.99. The molecule has 1 aromatic rings. The summed E-state index contributed by atoms with van der Waals surface area (Å²) < 4.78 is 10.2. The van der Waals surface area contributed by atoms with E-state index in [1.807, 2.05) is 30.3 Å². The molecular weight excluding hydrogens is 312 g/mol. The zero-order chi connectivity index (χ0) is 18.2. The van der Waals surface area contributed by atoms with Crippen LogP contribution >= 0.6 is 0 Å². The molecule has 6 heteroatoms. The van der Waals surface area contributed by atoms with E-state index in [1.54, 1.807) is 20.8 Å². The largest absolute Gasteiger partial charge is 0.481 e. The van der Waals surface area contributed by atoms with E-state index < -0.39 is 29.4 Å². The summed E-state index contributed by atoms with van der Waals surface area (Å²) in [6.07, 6.45) is -0.296. The first-order chi connectivity index (χ1) is 11.2. The molecule has 6 nitrogen and oxygen atoms in total. The second-order valence-electron chi connectivity index (χ2n) is 6.51. The van der Waals surface area contributed by atoms with Gasteiger partial charge < -0.3 is 14.6 Å². The van der Waals surface area contributed by atoms with Crippen LogP contribution in [-0.4, -0.2) is 28.6 Å². The van der Waals surface area contributed by atoms with Crippen molar-refractivity contribution in [3.63, 3.8) is 0 Å². The molecule has 0 aromatic heterocycles. The van der Waals surface area contributed by atoms with Crippen LogP contribution in [0.4, 0.5) is 0 Å². The molecule has 1 N–H and O–H groups in total. The minimum atomic E-state index is -1.13. The Balaban J connectivity index is 2.43. The van der Waals surface area contributed by atoms with Gasteiger partial charge in [-0.1, -0.05) is 30.3 Å². The molecular formula is C18H24O6. The fourth-order valence-corrected chi connectivity index (χ4v) is 2.00. The molecule has 0 heterocycles. The van der Waals surface area contributed by atoms with E-state index in [0.717, 1.165) is 5.56 Å². The van der Waals surface area contributed by atoms with E-state index in [-0.39, 0.29) is 25.9 Å². The first kappa shape index (κ1) is 19.7. The molecule has 132 valence electrons. The van der Waals surface area contributed by atoms with Crippen molar-refractivity contribution in [1.29, 1.82) is 0 Å². The normalized spacial score (nSPS) is 12.3. The van der Waals surface area contributed by atoms with Crippen LogP contribution in [0.25, 0.3) is 0 Å². The Morgan fingerprint density at radius 1 is 1.08 bits per heavy atom. The number of aliphatic carboxylic acids is 1. The molecule has 0 saturated carbocycles. The number of carboxylic acids is 1. The summed E-state index contributed by atoms with van der Waals surface area (Å²) >= 11 is 0. The number of esters is 2. The Morgan fingerprint density at radius 3 is 2.25 bits per heavy atom. The fraction of sp³-hybridized carbons (Fsp3) is 0.500. The van der Waals surface area contributed by atoms with Gasteiger partial charge in [0.25, 0.3) is 0 Å². The Morgan fingerprint density at radius 2 is 1.71 bits per heavy atom. The summed E-state index contributed by atoms with van der Waals surface area (Å²) in [5.74, 6) is -3.18. The number of ether oxygens (including phenoxy) is 2. The molecule has 0 spiro atoms. The monoisotopic (exact) mass is 336 g/mol. The molecule has 0 aliphatic rings. The van der Waals surface area contributed by atoms with Gasteiger partial charge in [-0.05, 0) is 32.8 Å². The van der Waals surface area contributed by atoms with E-state index >= 15 is 0 Å². The highest BCUT2D eigenvalue weighted by Gasteiger charge is 2.24. The molecule has 1 rings (SSSR count). The summed E-state index contributed by atoms with van der Waals surface area (Å²) in [5.41, 5.74) is 0.205. The zero-order valence-electron chi connectivity index (χ0n) is 14.3. The Labute approximate surface area is 141 Å². The van der Waals surface area contributed by atoms with Gasteiger partial charge >= 0.3 is 17.9 Å². The maximum absolute atomic E-state index is 11.8. The van der Waals surface area contributed by atoms with Crippen molar-refractivity contribution in [3.8, 4) is 0 Å². The van der Waals surface area contributed by atoms with E-state index in [1.165, 1.54) is 0 Å². The first-order valence-corrected chi connectivity index (χ1v) is 7.81. The molecule has 24 heavy (non-hydrogen) atoms. The summed E-state index contributed by atoms with van der Waals surface area (Å²) in [7, 11) is 0. The van der Waals surface area contributed by atoms with Crippen molar-refractivity contribution < 1.29 is 29.0 Å². The zero-order valence-corrected chi connectivity index (χ0v) is 14.3. The van der Waals surface area contributed by atoms with Crippen LogP contribution in [0.15, 0.2) is 30.3 Å². The van der Waals surface area contributed by atoms with Gasteiger partial charge in [0, 0.05) is 6.42 Å². The summed E-state index contributed by atoms with van der Waals surface area (Å²) in [5, 5.41) is 9.19. The Kier molecular flexibility index (Phi) is 7.42. The topological polar surface area (TPSA) is 89.9 Å². The number of benzene rings is 1. The first-order valence-electron chi connectivity index (χ1n) is 7.81. The van der Waals surface area contributed by atoms with Crippen molar-refractivity contribution in [2.24, 2.45) is 5.92 Å². The second kappa shape index (κ2) is 9.05. The van der Waals surface area contributed by atoms with Crippen LogP contribution in [0.5, 0.6) is 0 Å². The third-order valence-electron chi connectivity index (χ3n) is 3.12. The van der Waals surface area contributed by atoms with Crippen LogP contribution in [0.3, 0.4) is 0 Å². The van der Waals surface area contributed by atoms with Crippen LogP contribution in [0.2, 0.25) is 0 Å². The fourth-order valence-electron chi connectivity index (χ4n) is 2.00. The second-order valence-corrected chi connectivity index (χ2v) is 6.51.